The molecule has 0 atom stereocenters. The minimum atomic E-state index is -1.01. The predicted molar refractivity (Wildman–Crippen MR) is 68.7 cm³/mol. The van der Waals surface area contributed by atoms with Gasteiger partial charge in [0.15, 0.2) is 0 Å². The summed E-state index contributed by atoms with van der Waals surface area (Å²) in [4.78, 5) is 23.2. The van der Waals surface area contributed by atoms with Crippen molar-refractivity contribution in [2.24, 2.45) is 5.92 Å². The van der Waals surface area contributed by atoms with Crippen LogP contribution < -0.4 is 5.32 Å². The number of para-hydroxylation sites is 1. The zero-order valence-electron chi connectivity index (χ0n) is 10.4. The highest BCUT2D eigenvalue weighted by atomic mass is 16.4. The maximum Gasteiger partial charge on any atom is 0.337 e. The van der Waals surface area contributed by atoms with Crippen LogP contribution in [0.2, 0.25) is 0 Å². The minimum Gasteiger partial charge on any atom is -0.478 e. The molecule has 1 saturated carbocycles. The second-order valence-electron chi connectivity index (χ2n) is 4.77. The minimum absolute atomic E-state index is 0.0336. The largest absolute Gasteiger partial charge is 0.478 e. The number of carboxylic acids is 1. The number of carbonyl (C=O) groups excluding carboxylic acids is 1. The molecule has 0 unspecified atom stereocenters. The van der Waals surface area contributed by atoms with Crippen LogP contribution in [0.3, 0.4) is 0 Å². The van der Waals surface area contributed by atoms with Gasteiger partial charge in [-0.2, -0.15) is 0 Å². The van der Waals surface area contributed by atoms with E-state index < -0.39 is 5.97 Å². The van der Waals surface area contributed by atoms with Crippen LogP contribution in [0.5, 0.6) is 0 Å². The first-order valence-corrected chi connectivity index (χ1v) is 6.23. The van der Waals surface area contributed by atoms with Gasteiger partial charge in [-0.25, -0.2) is 4.79 Å². The van der Waals surface area contributed by atoms with Gasteiger partial charge in [-0.05, 0) is 31.4 Å². The van der Waals surface area contributed by atoms with Crippen LogP contribution in [0.4, 0.5) is 5.69 Å². The third-order valence-electron chi connectivity index (χ3n) is 3.48. The Labute approximate surface area is 106 Å². The van der Waals surface area contributed by atoms with E-state index >= 15 is 0 Å². The smallest absolute Gasteiger partial charge is 0.337 e. The van der Waals surface area contributed by atoms with Gasteiger partial charge in [0.1, 0.15) is 0 Å². The van der Waals surface area contributed by atoms with Gasteiger partial charge in [0.2, 0.25) is 5.91 Å². The van der Waals surface area contributed by atoms with Gasteiger partial charge in [-0.15, -0.1) is 0 Å². The summed E-state index contributed by atoms with van der Waals surface area (Å²) in [5.74, 6) is -1.03. The Hall–Kier alpha value is -1.84. The number of rotatable bonds is 3. The molecule has 96 valence electrons. The predicted octanol–water partition coefficient (Wildman–Crippen LogP) is 2.82. The summed E-state index contributed by atoms with van der Waals surface area (Å²) in [5.41, 5.74) is 1.37. The van der Waals surface area contributed by atoms with E-state index in [0.717, 1.165) is 31.2 Å². The molecule has 18 heavy (non-hydrogen) atoms. The van der Waals surface area contributed by atoms with Gasteiger partial charge >= 0.3 is 5.97 Å². The summed E-state index contributed by atoms with van der Waals surface area (Å²) >= 11 is 0. The van der Waals surface area contributed by atoms with Gasteiger partial charge in [0.05, 0.1) is 11.3 Å². The molecule has 0 saturated heterocycles. The maximum absolute atomic E-state index is 12.0. The molecule has 1 aromatic carbocycles. The Bertz CT molecular complexity index is 476. The molecule has 4 heteroatoms. The van der Waals surface area contributed by atoms with Gasteiger partial charge in [0.25, 0.3) is 0 Å². The fourth-order valence-corrected chi connectivity index (χ4v) is 2.43. The lowest BCUT2D eigenvalue weighted by Crippen LogP contribution is -2.22. The molecule has 2 rings (SSSR count). The van der Waals surface area contributed by atoms with Gasteiger partial charge in [0, 0.05) is 5.92 Å². The molecule has 0 aromatic heterocycles. The van der Waals surface area contributed by atoms with Crippen molar-refractivity contribution in [2.75, 3.05) is 5.32 Å². The first-order valence-electron chi connectivity index (χ1n) is 6.23. The quantitative estimate of drug-likeness (QED) is 0.863. The third kappa shape index (κ3) is 2.53. The molecule has 1 fully saturated rings. The number of aromatic carboxylic acids is 1. The Morgan fingerprint density at radius 1 is 1.28 bits per heavy atom. The van der Waals surface area contributed by atoms with Crippen LogP contribution in [-0.2, 0) is 4.79 Å². The fraction of sp³-hybridized carbons (Fsp3) is 0.429. The van der Waals surface area contributed by atoms with Crippen LogP contribution in [-0.4, -0.2) is 17.0 Å². The number of anilines is 1. The summed E-state index contributed by atoms with van der Waals surface area (Å²) < 4.78 is 0. The van der Waals surface area contributed by atoms with Crippen molar-refractivity contribution in [2.45, 2.75) is 32.6 Å². The van der Waals surface area contributed by atoms with Crippen molar-refractivity contribution >= 4 is 17.6 Å². The number of carboxylic acid groups (broad SMARTS) is 1. The lowest BCUT2D eigenvalue weighted by atomic mass is 10.0. The highest BCUT2D eigenvalue weighted by Gasteiger charge is 2.24. The lowest BCUT2D eigenvalue weighted by molar-refractivity contribution is -0.119. The first kappa shape index (κ1) is 12.6. The Kier molecular flexibility index (Phi) is 3.65. The molecule has 0 spiro atoms. The van der Waals surface area contributed by atoms with Crippen LogP contribution >= 0.6 is 0 Å². The normalized spacial score (nSPS) is 15.6. The summed E-state index contributed by atoms with van der Waals surface area (Å²) in [7, 11) is 0. The number of hydrogen-bond donors (Lipinski definition) is 2. The van der Waals surface area contributed by atoms with E-state index in [1.165, 1.54) is 6.07 Å². The van der Waals surface area contributed by atoms with Crippen molar-refractivity contribution < 1.29 is 14.7 Å². The lowest BCUT2D eigenvalue weighted by Gasteiger charge is -2.14. The molecule has 2 N–H and O–H groups in total. The van der Waals surface area contributed by atoms with Crippen LogP contribution in [0.25, 0.3) is 0 Å². The van der Waals surface area contributed by atoms with Gasteiger partial charge < -0.3 is 10.4 Å². The highest BCUT2D eigenvalue weighted by molar-refractivity contribution is 6.02. The highest BCUT2D eigenvalue weighted by Crippen LogP contribution is 2.28. The summed E-state index contributed by atoms with van der Waals surface area (Å²) in [6, 6.07) is 5.00. The number of benzene rings is 1. The van der Waals surface area contributed by atoms with Crippen molar-refractivity contribution in [1.29, 1.82) is 0 Å². The first-order chi connectivity index (χ1) is 8.59. The van der Waals surface area contributed by atoms with Crippen molar-refractivity contribution in [1.82, 2.24) is 0 Å². The van der Waals surface area contributed by atoms with Crippen molar-refractivity contribution in [3.05, 3.63) is 29.3 Å². The van der Waals surface area contributed by atoms with Crippen LogP contribution in [0.15, 0.2) is 18.2 Å². The second-order valence-corrected chi connectivity index (χ2v) is 4.77. The molecule has 4 nitrogen and oxygen atoms in total. The molecule has 0 radical (unpaired) electrons. The second kappa shape index (κ2) is 5.21. The fourth-order valence-electron chi connectivity index (χ4n) is 2.43. The van der Waals surface area contributed by atoms with E-state index in [4.69, 9.17) is 5.11 Å². The average molecular weight is 247 g/mol. The molecular formula is C14H17NO3. The standard InChI is InChI=1S/C14H17NO3/c1-9-5-4-8-11(14(17)18)12(9)15-13(16)10-6-2-3-7-10/h4-5,8,10H,2-3,6-7H2,1H3,(H,15,16)(H,17,18). The number of carbonyl (C=O) groups is 2. The van der Waals surface area contributed by atoms with Crippen molar-refractivity contribution in [3.8, 4) is 0 Å². The van der Waals surface area contributed by atoms with E-state index in [-0.39, 0.29) is 17.4 Å². The summed E-state index contributed by atoms with van der Waals surface area (Å²) in [6.45, 7) is 1.80. The van der Waals surface area contributed by atoms with Crippen molar-refractivity contribution in [3.63, 3.8) is 0 Å². The monoisotopic (exact) mass is 247 g/mol. The van der Waals surface area contributed by atoms with E-state index in [1.54, 1.807) is 19.1 Å². The molecular weight excluding hydrogens is 230 g/mol. The molecule has 0 aliphatic heterocycles. The molecule has 1 amide bonds. The molecule has 0 bridgehead atoms. The number of hydrogen-bond acceptors (Lipinski definition) is 2. The van der Waals surface area contributed by atoms with E-state index in [0.29, 0.717) is 5.69 Å². The Morgan fingerprint density at radius 3 is 2.56 bits per heavy atom. The number of nitrogens with one attached hydrogen (secondary N) is 1. The average Bonchev–Trinajstić information content (AvgIpc) is 2.85. The Balaban J connectivity index is 2.22. The van der Waals surface area contributed by atoms with Gasteiger partial charge in [-0.3, -0.25) is 4.79 Å². The molecule has 1 aliphatic rings. The van der Waals surface area contributed by atoms with Crippen LogP contribution in [0, 0.1) is 12.8 Å². The summed E-state index contributed by atoms with van der Waals surface area (Å²) in [6.07, 6.45) is 3.97. The third-order valence-corrected chi connectivity index (χ3v) is 3.48. The van der Waals surface area contributed by atoms with Crippen LogP contribution in [0.1, 0.15) is 41.6 Å². The zero-order valence-corrected chi connectivity index (χ0v) is 10.4. The maximum atomic E-state index is 12.0. The van der Waals surface area contributed by atoms with Gasteiger partial charge in [-0.1, -0.05) is 25.0 Å². The molecule has 1 aliphatic carbocycles. The Morgan fingerprint density at radius 2 is 1.94 bits per heavy atom. The zero-order chi connectivity index (χ0) is 13.1. The summed E-state index contributed by atoms with van der Waals surface area (Å²) in [5, 5.41) is 11.9. The van der Waals surface area contributed by atoms with E-state index in [9.17, 15) is 9.59 Å². The molecule has 0 heterocycles. The topological polar surface area (TPSA) is 66.4 Å². The molecule has 1 aromatic rings. The van der Waals surface area contributed by atoms with E-state index in [2.05, 4.69) is 5.32 Å². The SMILES string of the molecule is Cc1cccc(C(=O)O)c1NC(=O)C1CCCC1. The number of aryl methyl sites for hydroxylation is 1. The van der Waals surface area contributed by atoms with E-state index in [1.807, 2.05) is 0 Å². The number of amides is 1.